The summed E-state index contributed by atoms with van der Waals surface area (Å²) >= 11 is 0. The molecule has 0 spiro atoms. The van der Waals surface area contributed by atoms with Gasteiger partial charge in [-0.15, -0.1) is 0 Å². The van der Waals surface area contributed by atoms with Crippen LogP contribution in [0, 0.1) is 6.92 Å². The number of nitrogens with one attached hydrogen (secondary N) is 6. The van der Waals surface area contributed by atoms with Gasteiger partial charge in [0.05, 0.1) is 28.9 Å². The second-order valence-electron chi connectivity index (χ2n) is 8.25. The molecule has 2 aromatic carbocycles. The molecule has 0 radical (unpaired) electrons. The molecule has 2 aromatic heterocycles. The third-order valence-electron chi connectivity index (χ3n) is 5.23. The quantitative estimate of drug-likeness (QED) is 0.170. The van der Waals surface area contributed by atoms with E-state index in [9.17, 15) is 9.59 Å². The summed E-state index contributed by atoms with van der Waals surface area (Å²) in [5.74, 6) is 0.183. The highest BCUT2D eigenvalue weighted by atomic mass is 16.5. The smallest absolute Gasteiger partial charge is 0.328 e. The normalized spacial score (nSPS) is 10.9. The van der Waals surface area contributed by atoms with Crippen molar-refractivity contribution in [2.24, 2.45) is 0 Å². The average Bonchev–Trinajstić information content (AvgIpc) is 3.29. The van der Waals surface area contributed by atoms with E-state index in [1.165, 1.54) is 0 Å². The molecule has 2 amide bonds. The van der Waals surface area contributed by atoms with E-state index in [1.54, 1.807) is 40.8 Å². The van der Waals surface area contributed by atoms with Crippen LogP contribution in [-0.2, 0) is 4.79 Å². The maximum absolute atomic E-state index is 12.2. The minimum absolute atomic E-state index is 0.112. The lowest BCUT2D eigenvalue weighted by molar-refractivity contribution is -0.333. The zero-order valence-electron chi connectivity index (χ0n) is 19.6. The number of aromatic amines is 2. The van der Waals surface area contributed by atoms with Crippen molar-refractivity contribution in [2.45, 2.75) is 6.92 Å². The van der Waals surface area contributed by atoms with Crippen LogP contribution >= 0.6 is 0 Å². The van der Waals surface area contributed by atoms with E-state index in [2.05, 4.69) is 30.9 Å². The molecule has 0 saturated heterocycles. The van der Waals surface area contributed by atoms with Crippen LogP contribution in [0.3, 0.4) is 0 Å². The lowest BCUT2D eigenvalue weighted by Gasteiger charge is -2.12. The number of aromatic nitrogens is 3. The lowest BCUT2D eigenvalue weighted by Crippen LogP contribution is -2.27. The van der Waals surface area contributed by atoms with Gasteiger partial charge in [-0.1, -0.05) is 23.2 Å². The maximum atomic E-state index is 12.2. The molecule has 0 aliphatic carbocycles. The highest BCUT2D eigenvalue weighted by Crippen LogP contribution is 2.27. The molecule has 35 heavy (non-hydrogen) atoms. The fourth-order valence-electron chi connectivity index (χ4n) is 3.57. The maximum Gasteiger partial charge on any atom is 0.351 e. The zero-order chi connectivity index (χ0) is 24.9. The van der Waals surface area contributed by atoms with Crippen molar-refractivity contribution in [2.75, 3.05) is 36.6 Å². The molecule has 180 valence electrons. The Labute approximate surface area is 201 Å². The SMILES string of the molecule is Cc1ccc(NC(=O)CN(C)C)cc1Nc1nc(Nc2ccccc2C(=O)NO)c2cc[nH]c2[nH+]1. The van der Waals surface area contributed by atoms with E-state index in [0.29, 0.717) is 28.8 Å². The third-order valence-corrected chi connectivity index (χ3v) is 5.23. The number of benzene rings is 2. The van der Waals surface area contributed by atoms with Crippen LogP contribution in [0.2, 0.25) is 0 Å². The molecule has 0 unspecified atom stereocenters. The standard InChI is InChI=1S/C24H26N8O3/c1-14-8-9-15(26-20(33)13-32(2)3)12-19(14)28-24-29-21-17(10-11-25-21)22(30-24)27-18-7-5-4-6-16(18)23(34)31-35/h4-12,35H,13H2,1-3H3,(H,26,33)(H,31,34)(H3,25,27,28,29,30)/p+1. The average molecular weight is 476 g/mol. The van der Waals surface area contributed by atoms with Crippen molar-refractivity contribution in [3.8, 4) is 0 Å². The van der Waals surface area contributed by atoms with Crippen LogP contribution in [-0.4, -0.2) is 52.5 Å². The number of carbonyl (C=O) groups excluding carboxylic acids is 2. The van der Waals surface area contributed by atoms with Gasteiger partial charge in [0.1, 0.15) is 0 Å². The second kappa shape index (κ2) is 10.2. The molecule has 0 saturated carbocycles. The summed E-state index contributed by atoms with van der Waals surface area (Å²) < 4.78 is 0. The molecule has 11 heteroatoms. The molecule has 0 bridgehead atoms. The number of para-hydroxylation sites is 1. The highest BCUT2D eigenvalue weighted by Gasteiger charge is 2.18. The van der Waals surface area contributed by atoms with Crippen LogP contribution in [0.25, 0.3) is 11.0 Å². The monoisotopic (exact) mass is 475 g/mol. The van der Waals surface area contributed by atoms with Gasteiger partial charge in [0.15, 0.2) is 0 Å². The largest absolute Gasteiger partial charge is 0.351 e. The summed E-state index contributed by atoms with van der Waals surface area (Å²) in [4.78, 5) is 37.1. The number of nitrogens with zero attached hydrogens (tertiary/aromatic N) is 2. The number of carbonyl (C=O) groups is 2. The Bertz CT molecular complexity index is 1380. The number of hydroxylamine groups is 1. The number of rotatable bonds is 8. The molecule has 0 aliphatic heterocycles. The molecule has 2 heterocycles. The Morgan fingerprint density at radius 2 is 1.89 bits per heavy atom. The van der Waals surface area contributed by atoms with Crippen LogP contribution in [0.4, 0.5) is 28.8 Å². The van der Waals surface area contributed by atoms with Crippen LogP contribution in [0.1, 0.15) is 15.9 Å². The summed E-state index contributed by atoms with van der Waals surface area (Å²) in [6.45, 7) is 2.23. The first-order valence-corrected chi connectivity index (χ1v) is 10.9. The Morgan fingerprint density at radius 1 is 1.09 bits per heavy atom. The van der Waals surface area contributed by atoms with E-state index in [4.69, 9.17) is 5.21 Å². The van der Waals surface area contributed by atoms with Gasteiger partial charge in [0.25, 0.3) is 5.91 Å². The first-order chi connectivity index (χ1) is 16.8. The van der Waals surface area contributed by atoms with Crippen molar-refractivity contribution in [3.63, 3.8) is 0 Å². The Morgan fingerprint density at radius 3 is 2.66 bits per heavy atom. The molecule has 0 fully saturated rings. The Hall–Kier alpha value is -4.48. The summed E-state index contributed by atoms with van der Waals surface area (Å²) in [7, 11) is 3.67. The molecular formula is C24H27N8O3+. The van der Waals surface area contributed by atoms with E-state index < -0.39 is 5.91 Å². The fourth-order valence-corrected chi connectivity index (χ4v) is 3.57. The summed E-state index contributed by atoms with van der Waals surface area (Å²) in [5, 5.41) is 19.2. The number of anilines is 5. The van der Waals surface area contributed by atoms with E-state index in [-0.39, 0.29) is 18.0 Å². The number of hydrogen-bond donors (Lipinski definition) is 6. The topological polar surface area (TPSA) is 149 Å². The van der Waals surface area contributed by atoms with Gasteiger partial charge < -0.3 is 15.5 Å². The van der Waals surface area contributed by atoms with Gasteiger partial charge in [-0.25, -0.2) is 10.5 Å². The van der Waals surface area contributed by atoms with Crippen molar-refractivity contribution >= 4 is 51.7 Å². The van der Waals surface area contributed by atoms with Gasteiger partial charge in [-0.3, -0.25) is 25.1 Å². The van der Waals surface area contributed by atoms with Gasteiger partial charge in [0, 0.05) is 11.9 Å². The molecule has 11 nitrogen and oxygen atoms in total. The zero-order valence-corrected chi connectivity index (χ0v) is 19.6. The first-order valence-electron chi connectivity index (χ1n) is 10.9. The van der Waals surface area contributed by atoms with Crippen LogP contribution < -0.4 is 26.4 Å². The van der Waals surface area contributed by atoms with Gasteiger partial charge in [0.2, 0.25) is 17.4 Å². The van der Waals surface area contributed by atoms with Crippen molar-refractivity contribution in [3.05, 3.63) is 65.9 Å². The predicted octanol–water partition coefficient (Wildman–Crippen LogP) is 2.79. The molecule has 7 N–H and O–H groups in total. The minimum Gasteiger partial charge on any atom is -0.328 e. The molecule has 0 aliphatic rings. The first kappa shape index (κ1) is 23.7. The van der Waals surface area contributed by atoms with E-state index >= 15 is 0 Å². The Kier molecular flexibility index (Phi) is 6.90. The molecule has 0 atom stereocenters. The van der Waals surface area contributed by atoms with Gasteiger partial charge >= 0.3 is 5.95 Å². The summed E-state index contributed by atoms with van der Waals surface area (Å²) in [6.07, 6.45) is 1.77. The number of fused-ring (bicyclic) bond motifs is 1. The lowest BCUT2D eigenvalue weighted by atomic mass is 10.1. The van der Waals surface area contributed by atoms with Crippen LogP contribution in [0.5, 0.6) is 0 Å². The number of aryl methyl sites for hydroxylation is 1. The van der Waals surface area contributed by atoms with Crippen molar-refractivity contribution in [1.29, 1.82) is 0 Å². The van der Waals surface area contributed by atoms with Crippen molar-refractivity contribution in [1.82, 2.24) is 20.3 Å². The molecule has 4 aromatic rings. The third kappa shape index (κ3) is 5.54. The fraction of sp³-hybridized carbons (Fsp3) is 0.167. The minimum atomic E-state index is -0.636. The number of H-pyrrole nitrogens is 2. The molecular weight excluding hydrogens is 448 g/mol. The molecule has 4 rings (SSSR count). The summed E-state index contributed by atoms with van der Waals surface area (Å²) in [6, 6.07) is 14.2. The Balaban J connectivity index is 1.65. The van der Waals surface area contributed by atoms with E-state index in [1.807, 2.05) is 45.3 Å². The highest BCUT2D eigenvalue weighted by molar-refractivity contribution is 6.00. The second-order valence-corrected chi connectivity index (χ2v) is 8.25. The predicted molar refractivity (Wildman–Crippen MR) is 133 cm³/mol. The number of hydrogen-bond acceptors (Lipinski definition) is 7. The number of amides is 2. The van der Waals surface area contributed by atoms with Crippen LogP contribution in [0.15, 0.2) is 54.7 Å². The van der Waals surface area contributed by atoms with E-state index in [0.717, 1.165) is 16.6 Å². The number of likely N-dealkylation sites (N-methyl/N-ethyl adjacent to an activating group) is 1. The summed E-state index contributed by atoms with van der Waals surface area (Å²) in [5.41, 5.74) is 5.49. The van der Waals surface area contributed by atoms with Gasteiger partial charge in [-0.05, 0) is 56.9 Å². The van der Waals surface area contributed by atoms with Gasteiger partial charge in [-0.2, -0.15) is 0 Å². The van der Waals surface area contributed by atoms with Crippen molar-refractivity contribution < 1.29 is 19.8 Å².